The molecule has 0 aromatic rings. The van der Waals surface area contributed by atoms with E-state index in [1.54, 1.807) is 0 Å². The number of carbonyl (C=O) groups excluding carboxylic acids is 2. The van der Waals surface area contributed by atoms with E-state index in [0.717, 1.165) is 44.7 Å². The molecule has 100 valence electrons. The molecular formula is C14H22N2O2. The standard InChI is InChI=1S/C14H22N2O2/c1-10-13(17)16-8-3-2-4-12(16)14(18)15(10)9-7-11-5-6-11/h10-12H,2-9H2,1H3. The zero-order chi connectivity index (χ0) is 12.7. The highest BCUT2D eigenvalue weighted by Gasteiger charge is 2.44. The van der Waals surface area contributed by atoms with Crippen LogP contribution >= 0.6 is 0 Å². The van der Waals surface area contributed by atoms with Gasteiger partial charge in [0.1, 0.15) is 12.1 Å². The van der Waals surface area contributed by atoms with E-state index < -0.39 is 0 Å². The van der Waals surface area contributed by atoms with Crippen LogP contribution in [0, 0.1) is 5.92 Å². The van der Waals surface area contributed by atoms with Gasteiger partial charge in [0, 0.05) is 13.1 Å². The van der Waals surface area contributed by atoms with Gasteiger partial charge in [0.2, 0.25) is 11.8 Å². The third-order valence-electron chi connectivity index (χ3n) is 4.65. The van der Waals surface area contributed by atoms with E-state index in [9.17, 15) is 9.59 Å². The maximum Gasteiger partial charge on any atom is 0.246 e. The van der Waals surface area contributed by atoms with Gasteiger partial charge in [-0.3, -0.25) is 9.59 Å². The van der Waals surface area contributed by atoms with E-state index in [4.69, 9.17) is 0 Å². The minimum atomic E-state index is -0.245. The lowest BCUT2D eigenvalue weighted by atomic mass is 9.95. The van der Waals surface area contributed by atoms with Crippen LogP contribution in [-0.2, 0) is 9.59 Å². The number of piperazine rings is 1. The Kier molecular flexibility index (Phi) is 3.04. The van der Waals surface area contributed by atoms with Crippen LogP contribution in [-0.4, -0.2) is 46.8 Å². The normalized spacial score (nSPS) is 32.7. The summed E-state index contributed by atoms with van der Waals surface area (Å²) in [5.74, 6) is 1.17. The maximum atomic E-state index is 12.5. The molecule has 0 aromatic carbocycles. The average molecular weight is 250 g/mol. The fraction of sp³-hybridized carbons (Fsp3) is 0.857. The zero-order valence-corrected chi connectivity index (χ0v) is 11.1. The Bertz CT molecular complexity index is 365. The lowest BCUT2D eigenvalue weighted by molar-refractivity contribution is -0.163. The molecule has 0 bridgehead atoms. The Balaban J connectivity index is 1.72. The van der Waals surface area contributed by atoms with Crippen molar-refractivity contribution < 1.29 is 9.59 Å². The monoisotopic (exact) mass is 250 g/mol. The first-order chi connectivity index (χ1) is 8.68. The maximum absolute atomic E-state index is 12.5. The van der Waals surface area contributed by atoms with Gasteiger partial charge in [-0.05, 0) is 38.5 Å². The van der Waals surface area contributed by atoms with Gasteiger partial charge in [0.05, 0.1) is 0 Å². The number of hydrogen-bond donors (Lipinski definition) is 0. The minimum absolute atomic E-state index is 0.151. The van der Waals surface area contributed by atoms with Crippen molar-refractivity contribution in [3.05, 3.63) is 0 Å². The summed E-state index contributed by atoms with van der Waals surface area (Å²) in [5.41, 5.74) is 0. The number of amides is 2. The van der Waals surface area contributed by atoms with Crippen molar-refractivity contribution in [1.82, 2.24) is 9.80 Å². The summed E-state index contributed by atoms with van der Waals surface area (Å²) in [5, 5.41) is 0. The number of nitrogens with zero attached hydrogens (tertiary/aromatic N) is 2. The molecule has 0 radical (unpaired) electrons. The van der Waals surface area contributed by atoms with Gasteiger partial charge in [-0.2, -0.15) is 0 Å². The first kappa shape index (κ1) is 12.0. The van der Waals surface area contributed by atoms with Crippen molar-refractivity contribution in [2.75, 3.05) is 13.1 Å². The molecule has 0 spiro atoms. The topological polar surface area (TPSA) is 40.6 Å². The fourth-order valence-electron chi connectivity index (χ4n) is 3.24. The summed E-state index contributed by atoms with van der Waals surface area (Å²) in [6.07, 6.45) is 6.67. The molecule has 2 heterocycles. The number of rotatable bonds is 3. The molecular weight excluding hydrogens is 228 g/mol. The predicted molar refractivity (Wildman–Crippen MR) is 67.9 cm³/mol. The van der Waals surface area contributed by atoms with Crippen molar-refractivity contribution >= 4 is 11.8 Å². The van der Waals surface area contributed by atoms with Crippen molar-refractivity contribution in [2.24, 2.45) is 5.92 Å². The Hall–Kier alpha value is -1.06. The number of carbonyl (C=O) groups is 2. The van der Waals surface area contributed by atoms with Crippen molar-refractivity contribution in [3.63, 3.8) is 0 Å². The van der Waals surface area contributed by atoms with Gasteiger partial charge in [-0.15, -0.1) is 0 Å². The van der Waals surface area contributed by atoms with E-state index in [0.29, 0.717) is 0 Å². The van der Waals surface area contributed by atoms with E-state index in [-0.39, 0.29) is 23.9 Å². The third-order valence-corrected chi connectivity index (χ3v) is 4.65. The fourth-order valence-corrected chi connectivity index (χ4v) is 3.24. The molecule has 0 N–H and O–H groups in total. The van der Waals surface area contributed by atoms with Crippen LogP contribution in [0.3, 0.4) is 0 Å². The summed E-state index contributed by atoms with van der Waals surface area (Å²) in [4.78, 5) is 28.5. The average Bonchev–Trinajstić information content (AvgIpc) is 3.20. The minimum Gasteiger partial charge on any atom is -0.329 e. The molecule has 0 aromatic heterocycles. The first-order valence-corrected chi connectivity index (χ1v) is 7.29. The Morgan fingerprint density at radius 2 is 1.89 bits per heavy atom. The summed E-state index contributed by atoms with van der Waals surface area (Å²) in [6, 6.07) is -0.396. The van der Waals surface area contributed by atoms with Crippen LogP contribution in [0.2, 0.25) is 0 Å². The molecule has 2 amide bonds. The van der Waals surface area contributed by atoms with Crippen LogP contribution in [0.15, 0.2) is 0 Å². The van der Waals surface area contributed by atoms with E-state index >= 15 is 0 Å². The molecule has 3 rings (SSSR count). The van der Waals surface area contributed by atoms with Gasteiger partial charge in [0.25, 0.3) is 0 Å². The van der Waals surface area contributed by atoms with Gasteiger partial charge < -0.3 is 9.80 Å². The lowest BCUT2D eigenvalue weighted by Crippen LogP contribution is -2.65. The SMILES string of the molecule is CC1C(=O)N2CCCCC2C(=O)N1CCC1CC1. The quantitative estimate of drug-likeness (QED) is 0.759. The highest BCUT2D eigenvalue weighted by Crippen LogP contribution is 2.33. The van der Waals surface area contributed by atoms with Crippen LogP contribution < -0.4 is 0 Å². The number of piperidine rings is 1. The molecule has 1 aliphatic carbocycles. The second-order valence-electron chi connectivity index (χ2n) is 5.98. The molecule has 2 saturated heterocycles. The van der Waals surface area contributed by atoms with Crippen LogP contribution in [0.4, 0.5) is 0 Å². The Labute approximate surface area is 108 Å². The molecule has 4 heteroatoms. The van der Waals surface area contributed by atoms with Gasteiger partial charge in [-0.1, -0.05) is 12.8 Å². The van der Waals surface area contributed by atoms with Gasteiger partial charge in [0.15, 0.2) is 0 Å². The Morgan fingerprint density at radius 3 is 2.61 bits per heavy atom. The zero-order valence-electron chi connectivity index (χ0n) is 11.1. The van der Waals surface area contributed by atoms with E-state index in [2.05, 4.69) is 0 Å². The number of fused-ring (bicyclic) bond motifs is 1. The van der Waals surface area contributed by atoms with E-state index in [1.165, 1.54) is 12.8 Å². The number of hydrogen-bond acceptors (Lipinski definition) is 2. The molecule has 1 saturated carbocycles. The van der Waals surface area contributed by atoms with Crippen LogP contribution in [0.1, 0.15) is 45.4 Å². The van der Waals surface area contributed by atoms with Crippen molar-refractivity contribution in [1.29, 1.82) is 0 Å². The Morgan fingerprint density at radius 1 is 1.11 bits per heavy atom. The van der Waals surface area contributed by atoms with Gasteiger partial charge >= 0.3 is 0 Å². The van der Waals surface area contributed by atoms with Crippen molar-refractivity contribution in [3.8, 4) is 0 Å². The summed E-state index contributed by atoms with van der Waals surface area (Å²) < 4.78 is 0. The second-order valence-corrected chi connectivity index (χ2v) is 5.98. The first-order valence-electron chi connectivity index (χ1n) is 7.29. The molecule has 2 unspecified atom stereocenters. The second kappa shape index (κ2) is 4.56. The van der Waals surface area contributed by atoms with Crippen LogP contribution in [0.5, 0.6) is 0 Å². The summed E-state index contributed by atoms with van der Waals surface area (Å²) >= 11 is 0. The predicted octanol–water partition coefficient (Wildman–Crippen LogP) is 1.40. The highest BCUT2D eigenvalue weighted by atomic mass is 16.2. The van der Waals surface area contributed by atoms with Crippen LogP contribution in [0.25, 0.3) is 0 Å². The molecule has 18 heavy (non-hydrogen) atoms. The molecule has 3 aliphatic rings. The molecule has 2 atom stereocenters. The molecule has 3 fully saturated rings. The summed E-state index contributed by atoms with van der Waals surface area (Å²) in [6.45, 7) is 3.44. The molecule has 4 nitrogen and oxygen atoms in total. The van der Waals surface area contributed by atoms with E-state index in [1.807, 2.05) is 16.7 Å². The largest absolute Gasteiger partial charge is 0.329 e. The molecule has 2 aliphatic heterocycles. The third kappa shape index (κ3) is 2.02. The van der Waals surface area contributed by atoms with Crippen molar-refractivity contribution in [2.45, 2.75) is 57.5 Å². The van der Waals surface area contributed by atoms with Gasteiger partial charge in [-0.25, -0.2) is 0 Å². The lowest BCUT2D eigenvalue weighted by Gasteiger charge is -2.46. The smallest absolute Gasteiger partial charge is 0.246 e. The summed E-state index contributed by atoms with van der Waals surface area (Å²) in [7, 11) is 0. The highest BCUT2D eigenvalue weighted by molar-refractivity contribution is 5.96.